The van der Waals surface area contributed by atoms with E-state index in [0.717, 1.165) is 29.5 Å². The number of aromatic nitrogens is 1. The van der Waals surface area contributed by atoms with Crippen LogP contribution in [0.3, 0.4) is 0 Å². The highest BCUT2D eigenvalue weighted by atomic mass is 32.1. The molecule has 6 rings (SSSR count). The number of ether oxygens (including phenoxy) is 1. The average molecular weight is 327 g/mol. The van der Waals surface area contributed by atoms with Gasteiger partial charge in [-0.3, -0.25) is 5.32 Å². The van der Waals surface area contributed by atoms with Gasteiger partial charge in [0.25, 0.3) is 0 Å². The van der Waals surface area contributed by atoms with Crippen molar-refractivity contribution in [2.24, 2.45) is 5.92 Å². The van der Waals surface area contributed by atoms with Crippen molar-refractivity contribution in [3.8, 4) is 0 Å². The third kappa shape index (κ3) is 2.33. The molecular weight excluding hydrogens is 310 g/mol. The molecule has 3 atom stereocenters. The van der Waals surface area contributed by atoms with Crippen LogP contribution in [0.25, 0.3) is 10.2 Å². The van der Waals surface area contributed by atoms with Crippen molar-refractivity contribution >= 4 is 32.7 Å². The molecule has 6 heteroatoms. The summed E-state index contributed by atoms with van der Waals surface area (Å²) >= 11 is 1.48. The molecule has 3 unspecified atom stereocenters. The second kappa shape index (κ2) is 4.79. The molecule has 2 N–H and O–H groups in total. The molecule has 2 aliphatic heterocycles. The minimum Gasteiger partial charge on any atom is -0.348 e. The summed E-state index contributed by atoms with van der Waals surface area (Å²) in [5.74, 6) is 0.644. The van der Waals surface area contributed by atoms with Crippen LogP contribution in [0.2, 0.25) is 0 Å². The highest BCUT2D eigenvalue weighted by molar-refractivity contribution is 7.22. The maximum atomic E-state index is 12.4. The molecule has 2 fully saturated rings. The van der Waals surface area contributed by atoms with Crippen LogP contribution in [0.5, 0.6) is 0 Å². The van der Waals surface area contributed by atoms with Gasteiger partial charge in [0.1, 0.15) is 0 Å². The van der Waals surface area contributed by atoms with Gasteiger partial charge in [0.15, 0.2) is 10.9 Å². The number of anilines is 1. The van der Waals surface area contributed by atoms with Gasteiger partial charge in [-0.1, -0.05) is 29.0 Å². The molecular formula is C17H17N3O2S. The second-order valence-electron chi connectivity index (χ2n) is 6.71. The lowest BCUT2D eigenvalue weighted by molar-refractivity contribution is -0.149. The number of urea groups is 1. The number of amides is 2. The molecule has 1 aromatic heterocycles. The van der Waals surface area contributed by atoms with E-state index in [1.54, 1.807) is 0 Å². The Hall–Kier alpha value is -1.92. The van der Waals surface area contributed by atoms with Crippen LogP contribution in [-0.2, 0) is 4.74 Å². The molecule has 2 amide bonds. The summed E-state index contributed by atoms with van der Waals surface area (Å²) in [4.78, 5) is 16.8. The molecule has 1 saturated carbocycles. The van der Waals surface area contributed by atoms with Gasteiger partial charge >= 0.3 is 6.03 Å². The lowest BCUT2D eigenvalue weighted by Crippen LogP contribution is -2.60. The third-order valence-electron chi connectivity index (χ3n) is 4.88. The SMILES string of the molecule is O=C(Nc1nc2ccccc2s1)NC12C=C3CC(CC(C3)O1)C2. The maximum absolute atomic E-state index is 12.4. The molecule has 2 aromatic rings. The van der Waals surface area contributed by atoms with Gasteiger partial charge in [-0.15, -0.1) is 0 Å². The Bertz CT molecular complexity index is 779. The lowest BCUT2D eigenvalue weighted by Gasteiger charge is -2.51. The van der Waals surface area contributed by atoms with E-state index in [2.05, 4.69) is 21.7 Å². The number of hydrogen-bond acceptors (Lipinski definition) is 4. The van der Waals surface area contributed by atoms with Crippen LogP contribution < -0.4 is 10.6 Å². The number of carbonyl (C=O) groups excluding carboxylic acids is 1. The highest BCUT2D eigenvalue weighted by Crippen LogP contribution is 2.48. The fraction of sp³-hybridized carbons (Fsp3) is 0.412. The summed E-state index contributed by atoms with van der Waals surface area (Å²) in [5.41, 5.74) is 1.73. The first kappa shape index (κ1) is 13.5. The first-order valence-corrected chi connectivity index (χ1v) is 8.82. The summed E-state index contributed by atoms with van der Waals surface area (Å²) in [5, 5.41) is 6.50. The fourth-order valence-electron chi connectivity index (χ4n) is 4.21. The molecule has 3 heterocycles. The number of hydrogen-bond donors (Lipinski definition) is 2. The zero-order chi connectivity index (χ0) is 15.4. The van der Waals surface area contributed by atoms with E-state index in [1.165, 1.54) is 23.3 Å². The summed E-state index contributed by atoms with van der Waals surface area (Å²) in [6, 6.07) is 7.62. The first-order chi connectivity index (χ1) is 11.2. The molecule has 4 aliphatic rings. The number of rotatable bonds is 2. The average Bonchev–Trinajstić information content (AvgIpc) is 2.86. The van der Waals surface area contributed by atoms with Crippen molar-refractivity contribution in [3.63, 3.8) is 0 Å². The molecule has 118 valence electrons. The Balaban J connectivity index is 1.35. The maximum Gasteiger partial charge on any atom is 0.323 e. The van der Waals surface area contributed by atoms with Gasteiger partial charge in [-0.25, -0.2) is 9.78 Å². The molecule has 5 nitrogen and oxygen atoms in total. The van der Waals surface area contributed by atoms with Gasteiger partial charge in [-0.2, -0.15) is 0 Å². The van der Waals surface area contributed by atoms with E-state index in [4.69, 9.17) is 4.74 Å². The molecule has 1 aromatic carbocycles. The van der Waals surface area contributed by atoms with Gasteiger partial charge in [0.05, 0.1) is 16.3 Å². The quantitative estimate of drug-likeness (QED) is 0.828. The second-order valence-corrected chi connectivity index (χ2v) is 7.74. The monoisotopic (exact) mass is 327 g/mol. The Kier molecular flexibility index (Phi) is 2.81. The summed E-state index contributed by atoms with van der Waals surface area (Å²) < 4.78 is 7.18. The van der Waals surface area contributed by atoms with Gasteiger partial charge in [0.2, 0.25) is 0 Å². The van der Waals surface area contributed by atoms with Crippen molar-refractivity contribution in [1.29, 1.82) is 0 Å². The number of thiazole rings is 1. The van der Waals surface area contributed by atoms with Crippen molar-refractivity contribution in [2.45, 2.75) is 37.5 Å². The molecule has 23 heavy (non-hydrogen) atoms. The van der Waals surface area contributed by atoms with Gasteiger partial charge < -0.3 is 10.1 Å². The number of carbonyl (C=O) groups is 1. The predicted octanol–water partition coefficient (Wildman–Crippen LogP) is 3.64. The van der Waals surface area contributed by atoms with E-state index in [1.807, 2.05) is 24.3 Å². The predicted molar refractivity (Wildman–Crippen MR) is 89.4 cm³/mol. The van der Waals surface area contributed by atoms with Crippen LogP contribution in [0.1, 0.15) is 25.7 Å². The van der Waals surface area contributed by atoms with Crippen molar-refractivity contribution < 1.29 is 9.53 Å². The van der Waals surface area contributed by atoms with Crippen LogP contribution >= 0.6 is 11.3 Å². The Morgan fingerprint density at radius 1 is 1.35 bits per heavy atom. The first-order valence-electron chi connectivity index (χ1n) is 8.01. The van der Waals surface area contributed by atoms with Gasteiger partial charge in [0, 0.05) is 6.42 Å². The van der Waals surface area contributed by atoms with E-state index in [9.17, 15) is 4.79 Å². The van der Waals surface area contributed by atoms with E-state index >= 15 is 0 Å². The largest absolute Gasteiger partial charge is 0.348 e. The number of nitrogens with zero attached hydrogens (tertiary/aromatic N) is 1. The van der Waals surface area contributed by atoms with Crippen molar-refractivity contribution in [1.82, 2.24) is 10.3 Å². The standard InChI is InChI=1S/C17H17N3O2S/c21-15(19-16-18-13-3-1-2-4-14(13)23-16)20-17-8-10-5-11(9-17)7-12(6-10)22-17/h1-4,8,11-12H,5-7,9H2,(H2,18,19,20,21). The van der Waals surface area contributed by atoms with Crippen molar-refractivity contribution in [3.05, 3.63) is 35.9 Å². The third-order valence-corrected chi connectivity index (χ3v) is 5.83. The molecule has 1 saturated heterocycles. The van der Waals surface area contributed by atoms with Crippen molar-refractivity contribution in [2.75, 3.05) is 5.32 Å². The van der Waals surface area contributed by atoms with Crippen LogP contribution in [0.15, 0.2) is 35.9 Å². The van der Waals surface area contributed by atoms with Crippen LogP contribution in [-0.4, -0.2) is 22.8 Å². The van der Waals surface area contributed by atoms with Crippen LogP contribution in [0, 0.1) is 5.92 Å². The number of fused-ring (bicyclic) bond motifs is 1. The summed E-state index contributed by atoms with van der Waals surface area (Å²) in [6.07, 6.45) is 6.59. The normalized spacial score (nSPS) is 31.2. The summed E-state index contributed by atoms with van der Waals surface area (Å²) in [6.45, 7) is 0. The summed E-state index contributed by atoms with van der Waals surface area (Å²) in [7, 11) is 0. The number of nitrogens with one attached hydrogen (secondary N) is 2. The smallest absolute Gasteiger partial charge is 0.323 e. The van der Waals surface area contributed by atoms with Crippen LogP contribution in [0.4, 0.5) is 9.93 Å². The Labute approximate surface area is 137 Å². The van der Waals surface area contributed by atoms with E-state index in [0.29, 0.717) is 11.0 Å². The highest BCUT2D eigenvalue weighted by Gasteiger charge is 2.48. The lowest BCUT2D eigenvalue weighted by atomic mass is 9.71. The minimum absolute atomic E-state index is 0.247. The zero-order valence-electron chi connectivity index (χ0n) is 12.5. The topological polar surface area (TPSA) is 63.2 Å². The molecule has 2 aliphatic carbocycles. The zero-order valence-corrected chi connectivity index (χ0v) is 13.4. The van der Waals surface area contributed by atoms with E-state index in [-0.39, 0.29) is 12.1 Å². The number of benzene rings is 1. The Morgan fingerprint density at radius 2 is 2.26 bits per heavy atom. The number of para-hydroxylation sites is 1. The molecule has 4 bridgehead atoms. The minimum atomic E-state index is -0.611. The fourth-order valence-corrected chi connectivity index (χ4v) is 5.07. The molecule has 0 spiro atoms. The molecule has 0 radical (unpaired) electrons. The Morgan fingerprint density at radius 3 is 3.09 bits per heavy atom. The van der Waals surface area contributed by atoms with Gasteiger partial charge in [-0.05, 0) is 43.4 Å². The van der Waals surface area contributed by atoms with E-state index < -0.39 is 5.72 Å².